The highest BCUT2D eigenvalue weighted by atomic mass is 32.1. The first-order chi connectivity index (χ1) is 10.2. The third-order valence-corrected chi connectivity index (χ3v) is 6.23. The van der Waals surface area contributed by atoms with Crippen molar-refractivity contribution in [3.8, 4) is 0 Å². The number of fused-ring (bicyclic) bond motifs is 1. The number of hydrogen-bond donors (Lipinski definition) is 0. The van der Waals surface area contributed by atoms with Crippen LogP contribution >= 0.6 is 11.3 Å². The lowest BCUT2D eigenvalue weighted by Gasteiger charge is -2.20. The molecule has 3 rings (SSSR count). The van der Waals surface area contributed by atoms with Gasteiger partial charge in [-0.15, -0.1) is 11.3 Å². The molecule has 1 saturated carbocycles. The van der Waals surface area contributed by atoms with E-state index < -0.39 is 0 Å². The van der Waals surface area contributed by atoms with Gasteiger partial charge in [-0.05, 0) is 47.8 Å². The zero-order valence-electron chi connectivity index (χ0n) is 14.9. The van der Waals surface area contributed by atoms with E-state index in [4.69, 9.17) is 4.98 Å². The fourth-order valence-corrected chi connectivity index (χ4v) is 4.38. The summed E-state index contributed by atoms with van der Waals surface area (Å²) in [6.07, 6.45) is 5.10. The highest BCUT2D eigenvalue weighted by Crippen LogP contribution is 2.46. The van der Waals surface area contributed by atoms with Crippen molar-refractivity contribution in [1.82, 2.24) is 4.98 Å². The van der Waals surface area contributed by atoms with Gasteiger partial charge in [-0.2, -0.15) is 0 Å². The standard InChI is InChI=1S/C20H29NS/c1-7-10-20(5,6)18-21-17-15(13-8-9-13)11-14(19(2,3)4)12-16(17)22-18/h11-13H,7-10H2,1-6H3. The Kier molecular flexibility index (Phi) is 3.87. The van der Waals surface area contributed by atoms with E-state index in [1.165, 1.54) is 52.0 Å². The minimum absolute atomic E-state index is 0.196. The molecule has 0 N–H and O–H groups in total. The average molecular weight is 316 g/mol. The van der Waals surface area contributed by atoms with Gasteiger partial charge in [0.25, 0.3) is 0 Å². The first kappa shape index (κ1) is 16.0. The van der Waals surface area contributed by atoms with E-state index in [0.717, 1.165) is 5.92 Å². The molecule has 1 fully saturated rings. The van der Waals surface area contributed by atoms with Crippen LogP contribution in [0.5, 0.6) is 0 Å². The Morgan fingerprint density at radius 1 is 1.14 bits per heavy atom. The van der Waals surface area contributed by atoms with Crippen molar-refractivity contribution in [2.24, 2.45) is 0 Å². The molecule has 1 aliphatic rings. The van der Waals surface area contributed by atoms with Crippen LogP contribution in [0.15, 0.2) is 12.1 Å². The maximum Gasteiger partial charge on any atom is 0.0994 e. The van der Waals surface area contributed by atoms with Crippen LogP contribution in [0.2, 0.25) is 0 Å². The highest BCUT2D eigenvalue weighted by molar-refractivity contribution is 7.18. The van der Waals surface area contributed by atoms with Crippen molar-refractivity contribution in [3.63, 3.8) is 0 Å². The van der Waals surface area contributed by atoms with Gasteiger partial charge in [0, 0.05) is 5.41 Å². The number of aromatic nitrogens is 1. The molecular weight excluding hydrogens is 286 g/mol. The van der Waals surface area contributed by atoms with Gasteiger partial charge in [0.15, 0.2) is 0 Å². The fourth-order valence-electron chi connectivity index (χ4n) is 3.22. The Morgan fingerprint density at radius 3 is 2.36 bits per heavy atom. The molecule has 0 unspecified atom stereocenters. The van der Waals surface area contributed by atoms with Gasteiger partial charge in [0.1, 0.15) is 0 Å². The van der Waals surface area contributed by atoms with Crippen LogP contribution in [0.4, 0.5) is 0 Å². The molecule has 120 valence electrons. The number of hydrogen-bond acceptors (Lipinski definition) is 2. The molecule has 0 amide bonds. The first-order valence-electron chi connectivity index (χ1n) is 8.68. The first-order valence-corrected chi connectivity index (χ1v) is 9.49. The minimum Gasteiger partial charge on any atom is -0.240 e. The second-order valence-electron chi connectivity index (χ2n) is 8.59. The summed E-state index contributed by atoms with van der Waals surface area (Å²) < 4.78 is 1.40. The van der Waals surface area contributed by atoms with Crippen LogP contribution in [-0.4, -0.2) is 4.98 Å². The van der Waals surface area contributed by atoms with E-state index in [1.807, 2.05) is 11.3 Å². The van der Waals surface area contributed by atoms with Gasteiger partial charge in [-0.3, -0.25) is 0 Å². The number of nitrogens with zero attached hydrogens (tertiary/aromatic N) is 1. The monoisotopic (exact) mass is 315 g/mol. The predicted octanol–water partition coefficient (Wildman–Crippen LogP) is 6.55. The predicted molar refractivity (Wildman–Crippen MR) is 98.2 cm³/mol. The molecule has 0 saturated heterocycles. The second kappa shape index (κ2) is 5.33. The Bertz CT molecular complexity index is 684. The van der Waals surface area contributed by atoms with Crippen LogP contribution in [0.1, 0.15) is 89.3 Å². The zero-order chi connectivity index (χ0) is 16.1. The Balaban J connectivity index is 2.16. The maximum atomic E-state index is 5.11. The van der Waals surface area contributed by atoms with E-state index >= 15 is 0 Å². The Hall–Kier alpha value is -0.890. The molecule has 2 heteroatoms. The van der Waals surface area contributed by atoms with Crippen LogP contribution in [0, 0.1) is 0 Å². The summed E-state index contributed by atoms with van der Waals surface area (Å²) in [4.78, 5) is 5.11. The van der Waals surface area contributed by atoms with Crippen molar-refractivity contribution in [1.29, 1.82) is 0 Å². The molecule has 1 aliphatic carbocycles. The van der Waals surface area contributed by atoms with Gasteiger partial charge < -0.3 is 0 Å². The van der Waals surface area contributed by atoms with E-state index in [9.17, 15) is 0 Å². The lowest BCUT2D eigenvalue weighted by atomic mass is 9.85. The lowest BCUT2D eigenvalue weighted by Crippen LogP contribution is -2.16. The van der Waals surface area contributed by atoms with Crippen molar-refractivity contribution in [2.45, 2.75) is 84.0 Å². The van der Waals surface area contributed by atoms with Crippen LogP contribution < -0.4 is 0 Å². The van der Waals surface area contributed by atoms with Crippen molar-refractivity contribution < 1.29 is 0 Å². The van der Waals surface area contributed by atoms with Crippen molar-refractivity contribution in [2.75, 3.05) is 0 Å². The summed E-state index contributed by atoms with van der Waals surface area (Å²) in [7, 11) is 0. The zero-order valence-corrected chi connectivity index (χ0v) is 15.7. The fraction of sp³-hybridized carbons (Fsp3) is 0.650. The maximum absolute atomic E-state index is 5.11. The van der Waals surface area contributed by atoms with Gasteiger partial charge >= 0.3 is 0 Å². The molecule has 22 heavy (non-hydrogen) atoms. The van der Waals surface area contributed by atoms with Gasteiger partial charge in [-0.1, -0.05) is 54.0 Å². The molecule has 2 aromatic rings. The van der Waals surface area contributed by atoms with Crippen LogP contribution in [0.3, 0.4) is 0 Å². The number of thiazole rings is 1. The summed E-state index contributed by atoms with van der Waals surface area (Å²) in [6.45, 7) is 13.9. The Labute approximate surface area is 139 Å². The second-order valence-corrected chi connectivity index (χ2v) is 9.62. The molecule has 1 heterocycles. The van der Waals surface area contributed by atoms with Crippen LogP contribution in [-0.2, 0) is 10.8 Å². The Morgan fingerprint density at radius 2 is 1.82 bits per heavy atom. The smallest absolute Gasteiger partial charge is 0.0994 e. The molecular formula is C20H29NS. The molecule has 0 bridgehead atoms. The highest BCUT2D eigenvalue weighted by Gasteiger charge is 2.31. The summed E-state index contributed by atoms with van der Waals surface area (Å²) in [5, 5.41) is 1.32. The quantitative estimate of drug-likeness (QED) is 0.623. The van der Waals surface area contributed by atoms with Gasteiger partial charge in [0.05, 0.1) is 15.2 Å². The molecule has 0 spiro atoms. The SMILES string of the molecule is CCCC(C)(C)c1nc2c(C3CC3)cc(C(C)(C)C)cc2s1. The normalized spacial score (nSPS) is 16.5. The molecule has 0 radical (unpaired) electrons. The van der Waals surface area contributed by atoms with E-state index in [2.05, 4.69) is 53.7 Å². The van der Waals surface area contributed by atoms with E-state index in [1.54, 1.807) is 0 Å². The molecule has 1 aromatic carbocycles. The molecule has 1 aromatic heterocycles. The summed E-state index contributed by atoms with van der Waals surface area (Å²) in [5.41, 5.74) is 4.67. The summed E-state index contributed by atoms with van der Waals surface area (Å²) in [5.74, 6) is 0.758. The molecule has 1 nitrogen and oxygen atoms in total. The topological polar surface area (TPSA) is 12.9 Å². The summed E-state index contributed by atoms with van der Waals surface area (Å²) >= 11 is 1.92. The third-order valence-electron chi connectivity index (χ3n) is 4.86. The number of benzene rings is 1. The largest absolute Gasteiger partial charge is 0.240 e. The van der Waals surface area contributed by atoms with Gasteiger partial charge in [0.2, 0.25) is 0 Å². The van der Waals surface area contributed by atoms with Crippen LogP contribution in [0.25, 0.3) is 10.2 Å². The van der Waals surface area contributed by atoms with Crippen molar-refractivity contribution >= 4 is 21.6 Å². The number of rotatable bonds is 4. The van der Waals surface area contributed by atoms with Gasteiger partial charge in [-0.25, -0.2) is 4.98 Å². The third kappa shape index (κ3) is 2.95. The summed E-state index contributed by atoms with van der Waals surface area (Å²) in [6, 6.07) is 4.83. The lowest BCUT2D eigenvalue weighted by molar-refractivity contribution is 0.471. The molecule has 0 aliphatic heterocycles. The average Bonchev–Trinajstić information content (AvgIpc) is 3.14. The van der Waals surface area contributed by atoms with E-state index in [0.29, 0.717) is 0 Å². The van der Waals surface area contributed by atoms with E-state index in [-0.39, 0.29) is 10.8 Å². The minimum atomic E-state index is 0.196. The van der Waals surface area contributed by atoms with Crippen molar-refractivity contribution in [3.05, 3.63) is 28.3 Å². The molecule has 0 atom stereocenters.